The summed E-state index contributed by atoms with van der Waals surface area (Å²) in [5.74, 6) is 1.08. The Morgan fingerprint density at radius 1 is 1.53 bits per heavy atom. The molecule has 0 atom stereocenters. The van der Waals surface area contributed by atoms with Crippen molar-refractivity contribution >= 4 is 0 Å². The number of hydrogen-bond acceptors (Lipinski definition) is 4. The third kappa shape index (κ3) is 3.04. The molecule has 0 spiro atoms. The summed E-state index contributed by atoms with van der Waals surface area (Å²) in [6.07, 6.45) is 6.72. The second kappa shape index (κ2) is 6.12. The van der Waals surface area contributed by atoms with Crippen LogP contribution in [0.2, 0.25) is 0 Å². The topological polar surface area (TPSA) is 60.0 Å². The predicted molar refractivity (Wildman–Crippen MR) is 67.4 cm³/mol. The van der Waals surface area contributed by atoms with Crippen molar-refractivity contribution in [2.75, 3.05) is 13.1 Å². The smallest absolute Gasteiger partial charge is 0.141 e. The fourth-order valence-corrected chi connectivity index (χ4v) is 2.30. The molecule has 1 fully saturated rings. The molecule has 1 heterocycles. The van der Waals surface area contributed by atoms with Crippen LogP contribution in [0.1, 0.15) is 38.4 Å². The van der Waals surface area contributed by atoms with Crippen molar-refractivity contribution in [2.24, 2.45) is 5.73 Å². The van der Waals surface area contributed by atoms with E-state index in [4.69, 9.17) is 5.73 Å². The van der Waals surface area contributed by atoms with Crippen LogP contribution in [0.25, 0.3) is 0 Å². The summed E-state index contributed by atoms with van der Waals surface area (Å²) in [7, 11) is 0. The average molecular weight is 237 g/mol. The molecule has 1 aromatic heterocycles. The zero-order chi connectivity index (χ0) is 12.1. The number of aryl methyl sites for hydroxylation is 1. The lowest BCUT2D eigenvalue weighted by Crippen LogP contribution is -2.42. The number of aromatic nitrogens is 3. The molecule has 96 valence electrons. The first kappa shape index (κ1) is 12.5. The molecule has 1 aromatic rings. The molecule has 0 bridgehead atoms. The lowest BCUT2D eigenvalue weighted by Gasteiger charge is -2.37. The molecule has 5 nitrogen and oxygen atoms in total. The Kier molecular flexibility index (Phi) is 4.50. The fraction of sp³-hybridized carbons (Fsp3) is 0.833. The van der Waals surface area contributed by atoms with E-state index in [0.29, 0.717) is 6.04 Å². The number of nitrogens with zero attached hydrogens (tertiary/aromatic N) is 4. The molecule has 17 heavy (non-hydrogen) atoms. The lowest BCUT2D eigenvalue weighted by molar-refractivity contribution is 0.118. The van der Waals surface area contributed by atoms with Gasteiger partial charge in [0.05, 0.1) is 6.54 Å². The van der Waals surface area contributed by atoms with Crippen molar-refractivity contribution in [3.63, 3.8) is 0 Å². The normalized spacial score (nSPS) is 16.4. The first-order valence-electron chi connectivity index (χ1n) is 6.66. The summed E-state index contributed by atoms with van der Waals surface area (Å²) in [6.45, 7) is 5.69. The van der Waals surface area contributed by atoms with Gasteiger partial charge in [-0.15, -0.1) is 0 Å². The van der Waals surface area contributed by atoms with Gasteiger partial charge in [-0.05, 0) is 19.3 Å². The highest BCUT2D eigenvalue weighted by atomic mass is 15.3. The van der Waals surface area contributed by atoms with Gasteiger partial charge >= 0.3 is 0 Å². The average Bonchev–Trinajstić information content (AvgIpc) is 2.64. The minimum absolute atomic E-state index is 0.713. The molecule has 0 aromatic carbocycles. The third-order valence-corrected chi connectivity index (χ3v) is 3.48. The van der Waals surface area contributed by atoms with Crippen LogP contribution in [0.4, 0.5) is 0 Å². The summed E-state index contributed by atoms with van der Waals surface area (Å²) < 4.78 is 2.02. The predicted octanol–water partition coefficient (Wildman–Crippen LogP) is 1.00. The minimum atomic E-state index is 0.713. The minimum Gasteiger partial charge on any atom is -0.329 e. The quantitative estimate of drug-likeness (QED) is 0.768. The van der Waals surface area contributed by atoms with Gasteiger partial charge in [-0.1, -0.05) is 13.3 Å². The van der Waals surface area contributed by atoms with Gasteiger partial charge in [-0.25, -0.2) is 9.67 Å². The maximum Gasteiger partial charge on any atom is 0.141 e. The largest absolute Gasteiger partial charge is 0.329 e. The van der Waals surface area contributed by atoms with Gasteiger partial charge in [0.1, 0.15) is 12.2 Å². The van der Waals surface area contributed by atoms with Crippen LogP contribution >= 0.6 is 0 Å². The molecule has 0 radical (unpaired) electrons. The Labute approximate surface area is 103 Å². The molecule has 0 unspecified atom stereocenters. The Balaban J connectivity index is 1.97. The van der Waals surface area contributed by atoms with Crippen LogP contribution in [0.5, 0.6) is 0 Å². The van der Waals surface area contributed by atoms with Crippen LogP contribution < -0.4 is 5.73 Å². The maximum absolute atomic E-state index is 5.69. The van der Waals surface area contributed by atoms with Gasteiger partial charge in [0.25, 0.3) is 0 Å². The number of rotatable bonds is 7. The third-order valence-electron chi connectivity index (χ3n) is 3.48. The highest BCUT2D eigenvalue weighted by Gasteiger charge is 2.25. The van der Waals surface area contributed by atoms with E-state index in [0.717, 1.165) is 38.4 Å². The SMILES string of the molecule is CCCn1ncnc1CN(CCN)C1CCC1. The van der Waals surface area contributed by atoms with Gasteiger partial charge in [0.15, 0.2) is 0 Å². The molecular formula is C12H23N5. The first-order valence-corrected chi connectivity index (χ1v) is 6.66. The van der Waals surface area contributed by atoms with Crippen LogP contribution in [0.3, 0.4) is 0 Å². The van der Waals surface area contributed by atoms with E-state index in [1.807, 2.05) is 4.68 Å². The molecule has 1 saturated carbocycles. The molecule has 5 heteroatoms. The fourth-order valence-electron chi connectivity index (χ4n) is 2.30. The standard InChI is InChI=1S/C12H23N5/c1-2-7-17-12(14-10-15-17)9-16(8-6-13)11-4-3-5-11/h10-11H,2-9,13H2,1H3. The summed E-state index contributed by atoms with van der Waals surface area (Å²) in [5.41, 5.74) is 5.69. The Hall–Kier alpha value is -0.940. The van der Waals surface area contributed by atoms with Crippen LogP contribution in [0.15, 0.2) is 6.33 Å². The summed E-state index contributed by atoms with van der Waals surface area (Å²) >= 11 is 0. The van der Waals surface area contributed by atoms with Crippen molar-refractivity contribution < 1.29 is 0 Å². The molecular weight excluding hydrogens is 214 g/mol. The van der Waals surface area contributed by atoms with Crippen molar-refractivity contribution in [1.29, 1.82) is 0 Å². The first-order chi connectivity index (χ1) is 8.35. The molecule has 2 rings (SSSR count). The van der Waals surface area contributed by atoms with Gasteiger partial charge in [0.2, 0.25) is 0 Å². The van der Waals surface area contributed by atoms with Gasteiger partial charge in [0, 0.05) is 25.7 Å². The summed E-state index contributed by atoms with van der Waals surface area (Å²) in [6, 6.07) is 0.713. The molecule has 0 amide bonds. The Bertz CT molecular complexity index is 331. The second-order valence-corrected chi connectivity index (χ2v) is 4.74. The number of nitrogens with two attached hydrogens (primary N) is 1. The van der Waals surface area contributed by atoms with E-state index in [1.165, 1.54) is 19.3 Å². The van der Waals surface area contributed by atoms with Crippen LogP contribution in [-0.4, -0.2) is 38.8 Å². The Morgan fingerprint density at radius 2 is 2.35 bits per heavy atom. The highest BCUT2D eigenvalue weighted by molar-refractivity contribution is 4.89. The molecule has 0 aliphatic heterocycles. The van der Waals surface area contributed by atoms with Crippen molar-refractivity contribution in [3.05, 3.63) is 12.2 Å². The van der Waals surface area contributed by atoms with E-state index in [1.54, 1.807) is 6.33 Å². The Morgan fingerprint density at radius 3 is 2.94 bits per heavy atom. The zero-order valence-corrected chi connectivity index (χ0v) is 10.7. The molecule has 1 aliphatic rings. The van der Waals surface area contributed by atoms with Crippen molar-refractivity contribution in [1.82, 2.24) is 19.7 Å². The van der Waals surface area contributed by atoms with Crippen LogP contribution in [-0.2, 0) is 13.1 Å². The maximum atomic E-state index is 5.69. The lowest BCUT2D eigenvalue weighted by atomic mass is 9.91. The van der Waals surface area contributed by atoms with E-state index < -0.39 is 0 Å². The van der Waals surface area contributed by atoms with E-state index in [9.17, 15) is 0 Å². The highest BCUT2D eigenvalue weighted by Crippen LogP contribution is 2.25. The van der Waals surface area contributed by atoms with Crippen LogP contribution in [0, 0.1) is 0 Å². The zero-order valence-electron chi connectivity index (χ0n) is 10.7. The van der Waals surface area contributed by atoms with E-state index in [2.05, 4.69) is 21.9 Å². The molecule has 1 aliphatic carbocycles. The molecule has 2 N–H and O–H groups in total. The van der Waals surface area contributed by atoms with E-state index in [-0.39, 0.29) is 0 Å². The second-order valence-electron chi connectivity index (χ2n) is 4.74. The van der Waals surface area contributed by atoms with E-state index >= 15 is 0 Å². The van der Waals surface area contributed by atoms with Crippen molar-refractivity contribution in [2.45, 2.75) is 51.7 Å². The van der Waals surface area contributed by atoms with Crippen molar-refractivity contribution in [3.8, 4) is 0 Å². The van der Waals surface area contributed by atoms with Gasteiger partial charge in [-0.2, -0.15) is 5.10 Å². The molecule has 0 saturated heterocycles. The van der Waals surface area contributed by atoms with Gasteiger partial charge < -0.3 is 5.73 Å². The summed E-state index contributed by atoms with van der Waals surface area (Å²) in [5, 5.41) is 4.27. The monoisotopic (exact) mass is 237 g/mol. The van der Waals surface area contributed by atoms with Gasteiger partial charge in [-0.3, -0.25) is 4.90 Å². The number of hydrogen-bond donors (Lipinski definition) is 1. The summed E-state index contributed by atoms with van der Waals surface area (Å²) in [4.78, 5) is 6.83.